The monoisotopic (exact) mass is 198 g/mol. The maximum atomic E-state index is 11.2. The van der Waals surface area contributed by atoms with Crippen molar-refractivity contribution in [2.45, 2.75) is 51.2 Å². The molecule has 1 aliphatic rings. The molecule has 0 atom stereocenters. The molecule has 0 aromatic rings. The van der Waals surface area contributed by atoms with Gasteiger partial charge in [-0.25, -0.2) is 4.79 Å². The van der Waals surface area contributed by atoms with Crippen molar-refractivity contribution in [2.75, 3.05) is 0 Å². The highest BCUT2D eigenvalue weighted by atomic mass is 16.5. The quantitative estimate of drug-likeness (QED) is 0.543. The fourth-order valence-electron chi connectivity index (χ4n) is 1.58. The minimum absolute atomic E-state index is 0.0422. The van der Waals surface area contributed by atoms with Crippen molar-refractivity contribution in [3.8, 4) is 0 Å². The van der Waals surface area contributed by atoms with E-state index in [1.807, 2.05) is 6.92 Å². The van der Waals surface area contributed by atoms with Gasteiger partial charge in [-0.05, 0) is 39.5 Å². The first-order valence-corrected chi connectivity index (χ1v) is 4.99. The lowest BCUT2D eigenvalue weighted by atomic mass is 9.85. The van der Waals surface area contributed by atoms with Gasteiger partial charge < -0.3 is 9.84 Å². The van der Waals surface area contributed by atoms with Gasteiger partial charge in [0.25, 0.3) is 0 Å². The number of hydrogen-bond acceptors (Lipinski definition) is 3. The second-order valence-electron chi connectivity index (χ2n) is 4.38. The van der Waals surface area contributed by atoms with Crippen LogP contribution in [0.15, 0.2) is 12.2 Å². The Hall–Kier alpha value is -0.830. The average Bonchev–Trinajstić information content (AvgIpc) is 2.08. The van der Waals surface area contributed by atoms with Gasteiger partial charge >= 0.3 is 5.97 Å². The summed E-state index contributed by atoms with van der Waals surface area (Å²) in [7, 11) is 0. The minimum Gasteiger partial charge on any atom is -0.459 e. The molecule has 0 unspecified atom stereocenters. The van der Waals surface area contributed by atoms with Crippen molar-refractivity contribution in [1.82, 2.24) is 0 Å². The summed E-state index contributed by atoms with van der Waals surface area (Å²) in [6.07, 6.45) is 2.83. The average molecular weight is 198 g/mol. The van der Waals surface area contributed by atoms with Gasteiger partial charge in [0.1, 0.15) is 6.10 Å². The predicted octanol–water partition coefficient (Wildman–Crippen LogP) is 1.80. The summed E-state index contributed by atoms with van der Waals surface area (Å²) in [4.78, 5) is 11.2. The third-order valence-corrected chi connectivity index (χ3v) is 2.63. The fourth-order valence-corrected chi connectivity index (χ4v) is 1.58. The fraction of sp³-hybridized carbons (Fsp3) is 0.727. The van der Waals surface area contributed by atoms with E-state index >= 15 is 0 Å². The van der Waals surface area contributed by atoms with Crippen LogP contribution in [0.3, 0.4) is 0 Å². The molecule has 0 heterocycles. The molecule has 1 fully saturated rings. The summed E-state index contributed by atoms with van der Waals surface area (Å²) in [5.74, 6) is -0.323. The maximum absolute atomic E-state index is 11.2. The number of esters is 1. The normalized spacial score (nSPS) is 32.4. The van der Waals surface area contributed by atoms with E-state index in [0.29, 0.717) is 18.4 Å². The first kappa shape index (κ1) is 11.2. The van der Waals surface area contributed by atoms with E-state index in [2.05, 4.69) is 6.58 Å². The number of hydrogen-bond donors (Lipinski definition) is 1. The van der Waals surface area contributed by atoms with E-state index in [1.165, 1.54) is 0 Å². The summed E-state index contributed by atoms with van der Waals surface area (Å²) >= 11 is 0. The van der Waals surface area contributed by atoms with Gasteiger partial charge in [-0.1, -0.05) is 6.58 Å². The molecule has 0 aliphatic heterocycles. The molecular weight excluding hydrogens is 180 g/mol. The molecule has 0 aromatic carbocycles. The van der Waals surface area contributed by atoms with E-state index < -0.39 is 5.60 Å². The summed E-state index contributed by atoms with van der Waals surface area (Å²) in [5.41, 5.74) is -0.145. The zero-order valence-corrected chi connectivity index (χ0v) is 8.88. The van der Waals surface area contributed by atoms with Gasteiger partial charge in [0.2, 0.25) is 0 Å². The van der Waals surface area contributed by atoms with E-state index in [0.717, 1.165) is 12.8 Å². The summed E-state index contributed by atoms with van der Waals surface area (Å²) in [5, 5.41) is 9.68. The molecule has 3 nitrogen and oxygen atoms in total. The molecule has 14 heavy (non-hydrogen) atoms. The molecule has 0 radical (unpaired) electrons. The highest BCUT2D eigenvalue weighted by molar-refractivity contribution is 5.87. The molecular formula is C11H18O3. The zero-order valence-electron chi connectivity index (χ0n) is 8.88. The Kier molecular flexibility index (Phi) is 3.32. The molecule has 0 amide bonds. The maximum Gasteiger partial charge on any atom is 0.333 e. The molecule has 3 heteroatoms. The molecule has 1 saturated carbocycles. The number of ether oxygens (including phenoxy) is 1. The van der Waals surface area contributed by atoms with Crippen LogP contribution in [0.2, 0.25) is 0 Å². The molecule has 0 aromatic heterocycles. The van der Waals surface area contributed by atoms with E-state index in [9.17, 15) is 9.90 Å². The van der Waals surface area contributed by atoms with Gasteiger partial charge in [0, 0.05) is 5.57 Å². The Morgan fingerprint density at radius 3 is 2.43 bits per heavy atom. The molecule has 80 valence electrons. The Bertz CT molecular complexity index is 233. The number of aliphatic hydroxyl groups is 1. The topological polar surface area (TPSA) is 46.5 Å². The Morgan fingerprint density at radius 2 is 2.00 bits per heavy atom. The number of rotatable bonds is 2. The Labute approximate surface area is 84.8 Å². The minimum atomic E-state index is -0.577. The Morgan fingerprint density at radius 1 is 1.50 bits per heavy atom. The second-order valence-corrected chi connectivity index (χ2v) is 4.38. The van der Waals surface area contributed by atoms with Gasteiger partial charge in [0.15, 0.2) is 0 Å². The highest BCUT2D eigenvalue weighted by Crippen LogP contribution is 2.29. The zero-order chi connectivity index (χ0) is 10.8. The van der Waals surface area contributed by atoms with Crippen LogP contribution in [0.4, 0.5) is 0 Å². The lowest BCUT2D eigenvalue weighted by molar-refractivity contribution is -0.148. The largest absolute Gasteiger partial charge is 0.459 e. The predicted molar refractivity (Wildman–Crippen MR) is 53.8 cm³/mol. The third kappa shape index (κ3) is 3.14. The van der Waals surface area contributed by atoms with Crippen LogP contribution in [-0.4, -0.2) is 22.8 Å². The second kappa shape index (κ2) is 4.13. The van der Waals surface area contributed by atoms with Crippen LogP contribution in [0.1, 0.15) is 39.5 Å². The lowest BCUT2D eigenvalue weighted by Crippen LogP contribution is -2.34. The van der Waals surface area contributed by atoms with Crippen molar-refractivity contribution >= 4 is 5.97 Å². The molecule has 0 saturated heterocycles. The first-order chi connectivity index (χ1) is 6.41. The van der Waals surface area contributed by atoms with Crippen LogP contribution >= 0.6 is 0 Å². The van der Waals surface area contributed by atoms with Gasteiger partial charge in [0.05, 0.1) is 5.60 Å². The first-order valence-electron chi connectivity index (χ1n) is 4.99. The SMILES string of the molecule is C=C(C)C(=O)OC1CCC(C)(O)CC1. The standard InChI is InChI=1S/C11H18O3/c1-8(2)10(12)14-9-4-6-11(3,13)7-5-9/h9,13H,1,4-7H2,2-3H3. The number of carbonyl (C=O) groups is 1. The van der Waals surface area contributed by atoms with Crippen molar-refractivity contribution in [3.05, 3.63) is 12.2 Å². The molecule has 1 N–H and O–H groups in total. The van der Waals surface area contributed by atoms with Crippen LogP contribution in [0, 0.1) is 0 Å². The van der Waals surface area contributed by atoms with Crippen molar-refractivity contribution in [1.29, 1.82) is 0 Å². The number of carbonyl (C=O) groups excluding carboxylic acids is 1. The lowest BCUT2D eigenvalue weighted by Gasteiger charge is -2.32. The van der Waals surface area contributed by atoms with Crippen molar-refractivity contribution < 1.29 is 14.6 Å². The van der Waals surface area contributed by atoms with Crippen molar-refractivity contribution in [3.63, 3.8) is 0 Å². The van der Waals surface area contributed by atoms with E-state index in [4.69, 9.17) is 4.74 Å². The summed E-state index contributed by atoms with van der Waals surface area (Å²) in [6, 6.07) is 0. The van der Waals surface area contributed by atoms with E-state index in [-0.39, 0.29) is 12.1 Å². The smallest absolute Gasteiger partial charge is 0.333 e. The third-order valence-electron chi connectivity index (χ3n) is 2.63. The van der Waals surface area contributed by atoms with Crippen LogP contribution < -0.4 is 0 Å². The van der Waals surface area contributed by atoms with Gasteiger partial charge in [-0.3, -0.25) is 0 Å². The van der Waals surface area contributed by atoms with Crippen LogP contribution in [0.5, 0.6) is 0 Å². The van der Waals surface area contributed by atoms with Crippen LogP contribution in [0.25, 0.3) is 0 Å². The van der Waals surface area contributed by atoms with Gasteiger partial charge in [-0.2, -0.15) is 0 Å². The summed E-state index contributed by atoms with van der Waals surface area (Å²) in [6.45, 7) is 6.99. The molecule has 0 bridgehead atoms. The van der Waals surface area contributed by atoms with E-state index in [1.54, 1.807) is 6.92 Å². The Balaban J connectivity index is 2.36. The summed E-state index contributed by atoms with van der Waals surface area (Å²) < 4.78 is 5.20. The molecule has 1 aliphatic carbocycles. The van der Waals surface area contributed by atoms with Crippen molar-refractivity contribution in [2.24, 2.45) is 0 Å². The molecule has 1 rings (SSSR count). The highest BCUT2D eigenvalue weighted by Gasteiger charge is 2.30. The molecule has 0 spiro atoms. The van der Waals surface area contributed by atoms with Crippen LogP contribution in [-0.2, 0) is 9.53 Å². The van der Waals surface area contributed by atoms with Gasteiger partial charge in [-0.15, -0.1) is 0 Å².